The lowest BCUT2D eigenvalue weighted by Crippen LogP contribution is -2.22. The third-order valence-electron chi connectivity index (χ3n) is 3.54. The Morgan fingerprint density at radius 1 is 1.04 bits per heavy atom. The molecule has 0 aliphatic heterocycles. The van der Waals surface area contributed by atoms with Crippen LogP contribution in [-0.4, -0.2) is 19.3 Å². The van der Waals surface area contributed by atoms with Crippen LogP contribution in [0, 0.1) is 6.92 Å². The topological polar surface area (TPSA) is 30.5 Å². The van der Waals surface area contributed by atoms with Gasteiger partial charge >= 0.3 is 0 Å². The highest BCUT2D eigenvalue weighted by Crippen LogP contribution is 2.17. The summed E-state index contributed by atoms with van der Waals surface area (Å²) in [6.07, 6.45) is 2.34. The number of benzene rings is 2. The van der Waals surface area contributed by atoms with Crippen molar-refractivity contribution in [3.05, 3.63) is 54.1 Å². The molecule has 3 nitrogen and oxygen atoms in total. The smallest absolute Gasteiger partial charge is 0.120 e. The van der Waals surface area contributed by atoms with Crippen LogP contribution in [0.1, 0.15) is 32.3 Å². The molecule has 2 aromatic carbocycles. The van der Waals surface area contributed by atoms with E-state index in [1.54, 1.807) is 0 Å². The van der Waals surface area contributed by atoms with E-state index in [9.17, 15) is 0 Å². The number of ether oxygens (including phenoxy) is 2. The summed E-state index contributed by atoms with van der Waals surface area (Å²) in [6, 6.07) is 16.2. The summed E-state index contributed by atoms with van der Waals surface area (Å²) in [5.41, 5.74) is 2.29. The summed E-state index contributed by atoms with van der Waals surface area (Å²) in [5.74, 6) is 1.84. The highest BCUT2D eigenvalue weighted by atomic mass is 16.5. The Hall–Kier alpha value is -2.16. The van der Waals surface area contributed by atoms with Crippen LogP contribution in [0.25, 0.3) is 0 Å². The van der Waals surface area contributed by atoms with Gasteiger partial charge in [-0.15, -0.1) is 0 Å². The van der Waals surface area contributed by atoms with Gasteiger partial charge in [0.15, 0.2) is 0 Å². The lowest BCUT2D eigenvalue weighted by Gasteiger charge is -2.16. The summed E-state index contributed by atoms with van der Waals surface area (Å²) >= 11 is 0. The van der Waals surface area contributed by atoms with Gasteiger partial charge in [-0.25, -0.2) is 0 Å². The molecule has 0 saturated heterocycles. The highest BCUT2D eigenvalue weighted by Gasteiger charge is 2.04. The quantitative estimate of drug-likeness (QED) is 0.657. The molecule has 0 saturated carbocycles. The number of hydrogen-bond acceptors (Lipinski definition) is 3. The fourth-order valence-electron chi connectivity index (χ4n) is 2.23. The first-order chi connectivity index (χ1) is 11.2. The predicted octanol–water partition coefficient (Wildman–Crippen LogP) is 5.05. The lowest BCUT2D eigenvalue weighted by molar-refractivity contribution is 0.234. The summed E-state index contributed by atoms with van der Waals surface area (Å²) in [4.78, 5) is 0. The first-order valence-corrected chi connectivity index (χ1v) is 8.37. The van der Waals surface area contributed by atoms with E-state index in [1.807, 2.05) is 36.4 Å². The molecule has 124 valence electrons. The molecule has 0 fully saturated rings. The molecule has 0 spiro atoms. The molecular weight excluding hydrogens is 286 g/mol. The molecule has 23 heavy (non-hydrogen) atoms. The van der Waals surface area contributed by atoms with E-state index in [1.165, 1.54) is 5.56 Å². The largest absolute Gasteiger partial charge is 0.494 e. The zero-order valence-electron chi connectivity index (χ0n) is 14.3. The van der Waals surface area contributed by atoms with Crippen molar-refractivity contribution in [1.82, 2.24) is 0 Å². The molecule has 1 N–H and O–H groups in total. The number of rotatable bonds is 9. The number of nitrogens with one attached hydrogen (secondary N) is 1. The van der Waals surface area contributed by atoms with Gasteiger partial charge in [-0.3, -0.25) is 0 Å². The standard InChI is InChI=1S/C20H27NO2/c1-4-5-13-22-19-11-9-18(10-12-19)21-15-17(3)23-20-8-6-7-16(2)14-20/h6-12,14,17,21H,4-5,13,15H2,1-3H3. The molecule has 1 unspecified atom stereocenters. The Bertz CT molecular complexity index is 580. The maximum absolute atomic E-state index is 5.92. The monoisotopic (exact) mass is 313 g/mol. The van der Waals surface area contributed by atoms with Crippen LogP contribution < -0.4 is 14.8 Å². The molecule has 0 bridgehead atoms. The Labute approximate surface area is 139 Å². The van der Waals surface area contributed by atoms with Gasteiger partial charge in [0.05, 0.1) is 13.2 Å². The van der Waals surface area contributed by atoms with Gasteiger partial charge in [0.25, 0.3) is 0 Å². The number of anilines is 1. The molecule has 0 radical (unpaired) electrons. The Morgan fingerprint density at radius 2 is 1.83 bits per heavy atom. The van der Waals surface area contributed by atoms with Crippen molar-refractivity contribution in [3.63, 3.8) is 0 Å². The van der Waals surface area contributed by atoms with E-state index >= 15 is 0 Å². The second-order valence-corrected chi connectivity index (χ2v) is 5.85. The average molecular weight is 313 g/mol. The number of aryl methyl sites for hydroxylation is 1. The van der Waals surface area contributed by atoms with Crippen molar-refractivity contribution < 1.29 is 9.47 Å². The van der Waals surface area contributed by atoms with Crippen LogP contribution >= 0.6 is 0 Å². The molecular formula is C20H27NO2. The highest BCUT2D eigenvalue weighted by molar-refractivity contribution is 5.46. The van der Waals surface area contributed by atoms with Crippen LogP contribution in [0.3, 0.4) is 0 Å². The van der Waals surface area contributed by atoms with Crippen molar-refractivity contribution in [2.75, 3.05) is 18.5 Å². The SMILES string of the molecule is CCCCOc1ccc(NCC(C)Oc2cccc(C)c2)cc1. The number of hydrogen-bond donors (Lipinski definition) is 1. The molecule has 0 heterocycles. The average Bonchev–Trinajstić information content (AvgIpc) is 2.54. The lowest BCUT2D eigenvalue weighted by atomic mass is 10.2. The Morgan fingerprint density at radius 3 is 2.52 bits per heavy atom. The van der Waals surface area contributed by atoms with Gasteiger partial charge in [-0.05, 0) is 62.2 Å². The maximum Gasteiger partial charge on any atom is 0.120 e. The first kappa shape index (κ1) is 17.2. The van der Waals surface area contributed by atoms with Crippen molar-refractivity contribution in [3.8, 4) is 11.5 Å². The van der Waals surface area contributed by atoms with Crippen LogP contribution in [0.4, 0.5) is 5.69 Å². The number of unbranched alkanes of at least 4 members (excludes halogenated alkanes) is 1. The molecule has 0 aliphatic rings. The summed E-state index contributed by atoms with van der Waals surface area (Å²) in [7, 11) is 0. The molecule has 0 aromatic heterocycles. The van der Waals surface area contributed by atoms with Crippen LogP contribution in [-0.2, 0) is 0 Å². The Balaban J connectivity index is 1.76. The van der Waals surface area contributed by atoms with Gasteiger partial charge in [0.1, 0.15) is 17.6 Å². The second-order valence-electron chi connectivity index (χ2n) is 5.85. The van der Waals surface area contributed by atoms with E-state index in [0.717, 1.165) is 43.2 Å². The zero-order valence-corrected chi connectivity index (χ0v) is 14.3. The minimum absolute atomic E-state index is 0.0947. The fourth-order valence-corrected chi connectivity index (χ4v) is 2.23. The van der Waals surface area contributed by atoms with Crippen molar-refractivity contribution in [2.45, 2.75) is 39.7 Å². The predicted molar refractivity (Wildman–Crippen MR) is 96.6 cm³/mol. The van der Waals surface area contributed by atoms with Crippen LogP contribution in [0.2, 0.25) is 0 Å². The summed E-state index contributed by atoms with van der Waals surface area (Å²) < 4.78 is 11.6. The van der Waals surface area contributed by atoms with Gasteiger partial charge < -0.3 is 14.8 Å². The summed E-state index contributed by atoms with van der Waals surface area (Å²) in [6.45, 7) is 7.84. The van der Waals surface area contributed by atoms with E-state index in [-0.39, 0.29) is 6.10 Å². The molecule has 0 amide bonds. The van der Waals surface area contributed by atoms with Crippen LogP contribution in [0.15, 0.2) is 48.5 Å². The van der Waals surface area contributed by atoms with Gasteiger partial charge in [-0.1, -0.05) is 25.5 Å². The maximum atomic E-state index is 5.92. The minimum atomic E-state index is 0.0947. The van der Waals surface area contributed by atoms with E-state index in [4.69, 9.17) is 9.47 Å². The normalized spacial score (nSPS) is 11.8. The molecule has 2 rings (SSSR count). The third kappa shape index (κ3) is 6.23. The molecule has 1 atom stereocenters. The van der Waals surface area contributed by atoms with Gasteiger partial charge in [0.2, 0.25) is 0 Å². The van der Waals surface area contributed by atoms with E-state index in [2.05, 4.69) is 38.2 Å². The van der Waals surface area contributed by atoms with E-state index < -0.39 is 0 Å². The molecule has 3 heteroatoms. The van der Waals surface area contributed by atoms with Gasteiger partial charge in [-0.2, -0.15) is 0 Å². The molecule has 0 aliphatic carbocycles. The minimum Gasteiger partial charge on any atom is -0.494 e. The Kier molecular flexibility index (Phi) is 6.79. The van der Waals surface area contributed by atoms with Crippen molar-refractivity contribution in [1.29, 1.82) is 0 Å². The zero-order chi connectivity index (χ0) is 16.5. The van der Waals surface area contributed by atoms with Crippen LogP contribution in [0.5, 0.6) is 11.5 Å². The molecule has 2 aromatic rings. The second kappa shape index (κ2) is 9.09. The summed E-state index contributed by atoms with van der Waals surface area (Å²) in [5, 5.41) is 3.39. The van der Waals surface area contributed by atoms with E-state index in [0.29, 0.717) is 0 Å². The third-order valence-corrected chi connectivity index (χ3v) is 3.54. The van der Waals surface area contributed by atoms with Gasteiger partial charge in [0, 0.05) is 5.69 Å². The van der Waals surface area contributed by atoms with Crippen molar-refractivity contribution in [2.24, 2.45) is 0 Å². The fraction of sp³-hybridized carbons (Fsp3) is 0.400. The first-order valence-electron chi connectivity index (χ1n) is 8.37. The van der Waals surface area contributed by atoms with Crippen molar-refractivity contribution >= 4 is 5.69 Å².